The van der Waals surface area contributed by atoms with Gasteiger partial charge in [-0.15, -0.1) is 0 Å². The molecule has 1 fully saturated rings. The number of aromatic amines is 1. The molecule has 4 rings (SSSR count). The second-order valence-electron chi connectivity index (χ2n) is 7.59. The van der Waals surface area contributed by atoms with Crippen LogP contribution in [0.3, 0.4) is 0 Å². The monoisotopic (exact) mass is 408 g/mol. The molecule has 0 spiro atoms. The summed E-state index contributed by atoms with van der Waals surface area (Å²) in [6.07, 6.45) is 7.60. The van der Waals surface area contributed by atoms with E-state index >= 15 is 0 Å². The summed E-state index contributed by atoms with van der Waals surface area (Å²) >= 11 is 0. The zero-order valence-corrected chi connectivity index (χ0v) is 16.6. The molecular formula is C22H24N4O4. The Morgan fingerprint density at radius 2 is 1.87 bits per heavy atom. The number of nitrogens with zero attached hydrogens (tertiary/aromatic N) is 2. The van der Waals surface area contributed by atoms with E-state index in [0.29, 0.717) is 29.5 Å². The highest BCUT2D eigenvalue weighted by Gasteiger charge is 2.16. The van der Waals surface area contributed by atoms with E-state index in [-0.39, 0.29) is 11.9 Å². The van der Waals surface area contributed by atoms with Crippen molar-refractivity contribution < 1.29 is 9.53 Å². The second kappa shape index (κ2) is 8.94. The number of pyridine rings is 1. The minimum absolute atomic E-state index is 0.267. The van der Waals surface area contributed by atoms with Gasteiger partial charge in [-0.3, -0.25) is 19.5 Å². The number of amides is 1. The van der Waals surface area contributed by atoms with E-state index in [9.17, 15) is 14.4 Å². The maximum absolute atomic E-state index is 12.6. The van der Waals surface area contributed by atoms with Crippen LogP contribution in [0.25, 0.3) is 10.8 Å². The van der Waals surface area contributed by atoms with Crippen molar-refractivity contribution >= 4 is 22.5 Å². The zero-order chi connectivity index (χ0) is 20.9. The standard InChI is InChI=1S/C22H24N4O4/c27-19(13-26-22(29)17-10-5-4-9-16(17)21(28)25-26)24-20-18(11-6-12-23-20)30-14-15-7-2-1-3-8-15/h4-6,9-12,15H,1-3,7-8,13-14H2,(H,25,28)(H,23,24,27). The number of carbonyl (C=O) groups excluding carboxylic acids is 1. The van der Waals surface area contributed by atoms with Crippen molar-refractivity contribution in [3.05, 3.63) is 63.3 Å². The average Bonchev–Trinajstić information content (AvgIpc) is 2.77. The third kappa shape index (κ3) is 4.42. The Bertz CT molecular complexity index is 1160. The van der Waals surface area contributed by atoms with E-state index in [1.807, 2.05) is 0 Å². The van der Waals surface area contributed by atoms with Crippen LogP contribution in [0.5, 0.6) is 5.75 Å². The summed E-state index contributed by atoms with van der Waals surface area (Å²) in [4.78, 5) is 41.5. The number of fused-ring (bicyclic) bond motifs is 1. The number of nitrogens with one attached hydrogen (secondary N) is 2. The number of hydrogen-bond donors (Lipinski definition) is 2. The minimum Gasteiger partial charge on any atom is -0.489 e. The van der Waals surface area contributed by atoms with Gasteiger partial charge in [-0.05, 0) is 43.0 Å². The Balaban J connectivity index is 1.47. The van der Waals surface area contributed by atoms with Gasteiger partial charge in [-0.25, -0.2) is 9.67 Å². The fourth-order valence-electron chi connectivity index (χ4n) is 3.84. The molecule has 156 valence electrons. The topological polar surface area (TPSA) is 106 Å². The maximum atomic E-state index is 12.6. The van der Waals surface area contributed by atoms with Crippen molar-refractivity contribution in [3.8, 4) is 5.75 Å². The Morgan fingerprint density at radius 3 is 2.67 bits per heavy atom. The Labute approximate surface area is 172 Å². The van der Waals surface area contributed by atoms with Crippen LogP contribution in [0.1, 0.15) is 32.1 Å². The number of anilines is 1. The molecule has 1 saturated carbocycles. The average molecular weight is 408 g/mol. The molecule has 8 heteroatoms. The highest BCUT2D eigenvalue weighted by Crippen LogP contribution is 2.27. The number of rotatable bonds is 6. The lowest BCUT2D eigenvalue weighted by molar-refractivity contribution is -0.117. The number of ether oxygens (including phenoxy) is 1. The van der Waals surface area contributed by atoms with Gasteiger partial charge in [0.1, 0.15) is 6.54 Å². The summed E-state index contributed by atoms with van der Waals surface area (Å²) in [5.74, 6) is 0.832. The van der Waals surface area contributed by atoms with Gasteiger partial charge in [0.2, 0.25) is 5.91 Å². The molecule has 0 saturated heterocycles. The van der Waals surface area contributed by atoms with Crippen LogP contribution >= 0.6 is 0 Å². The minimum atomic E-state index is -0.482. The van der Waals surface area contributed by atoms with Gasteiger partial charge in [0.05, 0.1) is 17.4 Å². The molecule has 0 bridgehead atoms. The first kappa shape index (κ1) is 19.9. The largest absolute Gasteiger partial charge is 0.489 e. The Kier molecular flexibility index (Phi) is 5.92. The van der Waals surface area contributed by atoms with Gasteiger partial charge in [0.25, 0.3) is 11.1 Å². The molecule has 2 N–H and O–H groups in total. The third-order valence-corrected chi connectivity index (χ3v) is 5.41. The lowest BCUT2D eigenvalue weighted by Crippen LogP contribution is -2.34. The predicted molar refractivity (Wildman–Crippen MR) is 114 cm³/mol. The molecular weight excluding hydrogens is 384 g/mol. The van der Waals surface area contributed by atoms with Gasteiger partial charge in [0, 0.05) is 6.20 Å². The summed E-state index contributed by atoms with van der Waals surface area (Å²) in [7, 11) is 0. The number of hydrogen-bond acceptors (Lipinski definition) is 5. The van der Waals surface area contributed by atoms with Crippen molar-refractivity contribution in [1.29, 1.82) is 0 Å². The quantitative estimate of drug-likeness (QED) is 0.652. The highest BCUT2D eigenvalue weighted by molar-refractivity contribution is 5.91. The van der Waals surface area contributed by atoms with Crippen LogP contribution in [-0.4, -0.2) is 27.3 Å². The van der Waals surface area contributed by atoms with E-state index in [1.165, 1.54) is 19.3 Å². The van der Waals surface area contributed by atoms with E-state index in [2.05, 4.69) is 15.4 Å². The highest BCUT2D eigenvalue weighted by atomic mass is 16.5. The number of H-pyrrole nitrogens is 1. The van der Waals surface area contributed by atoms with Crippen LogP contribution < -0.4 is 21.2 Å². The molecule has 0 radical (unpaired) electrons. The number of aromatic nitrogens is 3. The molecule has 2 heterocycles. The fourth-order valence-corrected chi connectivity index (χ4v) is 3.84. The first-order valence-electron chi connectivity index (χ1n) is 10.2. The van der Waals surface area contributed by atoms with E-state index in [0.717, 1.165) is 17.5 Å². The number of carbonyl (C=O) groups is 1. The maximum Gasteiger partial charge on any atom is 0.273 e. The Morgan fingerprint density at radius 1 is 1.10 bits per heavy atom. The Hall–Kier alpha value is -3.42. The molecule has 1 aliphatic carbocycles. The number of benzene rings is 1. The van der Waals surface area contributed by atoms with Crippen molar-refractivity contribution in [3.63, 3.8) is 0 Å². The summed E-state index contributed by atoms with van der Waals surface area (Å²) in [6.45, 7) is 0.254. The molecule has 1 aromatic carbocycles. The first-order chi connectivity index (χ1) is 14.6. The van der Waals surface area contributed by atoms with Crippen LogP contribution in [-0.2, 0) is 11.3 Å². The fraction of sp³-hybridized carbons (Fsp3) is 0.364. The SMILES string of the molecule is O=C(Cn1[nH]c(=O)c2ccccc2c1=O)Nc1ncccc1OCC1CCCCC1. The van der Waals surface area contributed by atoms with E-state index in [1.54, 1.807) is 42.6 Å². The normalized spacial score (nSPS) is 14.5. The van der Waals surface area contributed by atoms with Crippen molar-refractivity contribution in [2.24, 2.45) is 5.92 Å². The first-order valence-corrected chi connectivity index (χ1v) is 10.2. The van der Waals surface area contributed by atoms with Gasteiger partial charge < -0.3 is 10.1 Å². The van der Waals surface area contributed by atoms with Crippen molar-refractivity contribution in [2.45, 2.75) is 38.6 Å². The summed E-state index contributed by atoms with van der Waals surface area (Å²) < 4.78 is 6.93. The zero-order valence-electron chi connectivity index (χ0n) is 16.6. The van der Waals surface area contributed by atoms with Gasteiger partial charge >= 0.3 is 0 Å². The van der Waals surface area contributed by atoms with Gasteiger partial charge in [0.15, 0.2) is 11.6 Å². The molecule has 0 aliphatic heterocycles. The smallest absolute Gasteiger partial charge is 0.273 e. The van der Waals surface area contributed by atoms with Gasteiger partial charge in [-0.2, -0.15) is 0 Å². The van der Waals surface area contributed by atoms with Crippen molar-refractivity contribution in [1.82, 2.24) is 14.8 Å². The molecule has 2 aromatic heterocycles. The summed E-state index contributed by atoms with van der Waals surface area (Å²) in [5.41, 5.74) is -0.859. The second-order valence-corrected chi connectivity index (χ2v) is 7.59. The van der Waals surface area contributed by atoms with Crippen LogP contribution in [0, 0.1) is 5.92 Å². The van der Waals surface area contributed by atoms with Crippen molar-refractivity contribution in [2.75, 3.05) is 11.9 Å². The molecule has 3 aromatic rings. The summed E-state index contributed by atoms with van der Waals surface area (Å²) in [6, 6.07) is 10.0. The lowest BCUT2D eigenvalue weighted by atomic mass is 9.90. The van der Waals surface area contributed by atoms with Crippen LogP contribution in [0.2, 0.25) is 0 Å². The predicted octanol–water partition coefficient (Wildman–Crippen LogP) is 2.68. The van der Waals surface area contributed by atoms with Crippen LogP contribution in [0.15, 0.2) is 52.2 Å². The van der Waals surface area contributed by atoms with Gasteiger partial charge in [-0.1, -0.05) is 31.4 Å². The van der Waals surface area contributed by atoms with E-state index < -0.39 is 17.0 Å². The van der Waals surface area contributed by atoms with E-state index in [4.69, 9.17) is 4.74 Å². The molecule has 0 atom stereocenters. The third-order valence-electron chi connectivity index (χ3n) is 5.41. The molecule has 1 amide bonds. The molecule has 0 unspecified atom stereocenters. The summed E-state index contributed by atoms with van der Waals surface area (Å²) in [5, 5.41) is 5.70. The molecule has 8 nitrogen and oxygen atoms in total. The lowest BCUT2D eigenvalue weighted by Gasteiger charge is -2.22. The molecule has 1 aliphatic rings. The molecule has 30 heavy (non-hydrogen) atoms. The van der Waals surface area contributed by atoms with Crippen LogP contribution in [0.4, 0.5) is 5.82 Å².